The lowest BCUT2D eigenvalue weighted by molar-refractivity contribution is -0.146. The van der Waals surface area contributed by atoms with Gasteiger partial charge < -0.3 is 5.11 Å². The third-order valence-corrected chi connectivity index (χ3v) is 4.95. The summed E-state index contributed by atoms with van der Waals surface area (Å²) in [4.78, 5) is 11.3. The molecule has 0 aromatic rings. The summed E-state index contributed by atoms with van der Waals surface area (Å²) in [6, 6.07) is 0. The van der Waals surface area contributed by atoms with Crippen LogP contribution in [-0.2, 0) is 4.79 Å². The minimum absolute atomic E-state index is 0.303. The predicted molar refractivity (Wildman–Crippen MR) is 64.2 cm³/mol. The number of carboxylic acids is 1. The summed E-state index contributed by atoms with van der Waals surface area (Å²) < 4.78 is 0. The number of carboxylic acid groups (broad SMARTS) is 1. The molecular formula is C14H24O2. The Balaban J connectivity index is 1.94. The van der Waals surface area contributed by atoms with Crippen LogP contribution in [0.2, 0.25) is 0 Å². The normalized spacial score (nSPS) is 33.4. The fourth-order valence-electron chi connectivity index (χ4n) is 3.44. The molecule has 2 heteroatoms. The van der Waals surface area contributed by atoms with Crippen LogP contribution in [0.1, 0.15) is 59.3 Å². The van der Waals surface area contributed by atoms with Crippen molar-refractivity contribution >= 4 is 5.97 Å². The van der Waals surface area contributed by atoms with Crippen molar-refractivity contribution in [2.45, 2.75) is 59.3 Å². The van der Waals surface area contributed by atoms with Gasteiger partial charge in [-0.2, -0.15) is 0 Å². The molecule has 0 amide bonds. The van der Waals surface area contributed by atoms with Crippen LogP contribution in [0.5, 0.6) is 0 Å². The molecule has 2 rings (SSSR count). The fourth-order valence-corrected chi connectivity index (χ4v) is 3.44. The molecule has 92 valence electrons. The van der Waals surface area contributed by atoms with Gasteiger partial charge >= 0.3 is 5.97 Å². The van der Waals surface area contributed by atoms with Gasteiger partial charge in [-0.05, 0) is 55.8 Å². The molecular weight excluding hydrogens is 200 g/mol. The van der Waals surface area contributed by atoms with Crippen LogP contribution in [0.3, 0.4) is 0 Å². The highest BCUT2D eigenvalue weighted by Crippen LogP contribution is 2.58. The quantitative estimate of drug-likeness (QED) is 0.776. The molecule has 0 heterocycles. The van der Waals surface area contributed by atoms with Crippen molar-refractivity contribution in [3.63, 3.8) is 0 Å². The topological polar surface area (TPSA) is 37.3 Å². The molecule has 0 saturated heterocycles. The van der Waals surface area contributed by atoms with Crippen molar-refractivity contribution in [1.29, 1.82) is 0 Å². The maximum atomic E-state index is 11.3. The van der Waals surface area contributed by atoms with E-state index in [9.17, 15) is 9.90 Å². The van der Waals surface area contributed by atoms with Gasteiger partial charge in [-0.1, -0.05) is 20.8 Å². The lowest BCUT2D eigenvalue weighted by Crippen LogP contribution is -2.32. The monoisotopic (exact) mass is 224 g/mol. The Morgan fingerprint density at radius 1 is 1.12 bits per heavy atom. The number of hydrogen-bond acceptors (Lipinski definition) is 1. The maximum Gasteiger partial charge on any atom is 0.309 e. The molecule has 0 radical (unpaired) electrons. The highest BCUT2D eigenvalue weighted by Gasteiger charge is 2.56. The Hall–Kier alpha value is -0.530. The summed E-state index contributed by atoms with van der Waals surface area (Å²) in [5, 5.41) is 9.28. The molecule has 2 nitrogen and oxygen atoms in total. The van der Waals surface area contributed by atoms with E-state index in [-0.39, 0.29) is 5.41 Å². The molecule has 2 fully saturated rings. The van der Waals surface area contributed by atoms with E-state index in [0.29, 0.717) is 11.3 Å². The minimum atomic E-state index is -0.535. The standard InChI is InChI=1S/C14H24O2/c1-13(2,3)10-4-6-11(7-5-10)14(8-9-14)12(15)16/h10-11H,4-9H2,1-3H3,(H,15,16). The van der Waals surface area contributed by atoms with Gasteiger partial charge in [0.1, 0.15) is 0 Å². The van der Waals surface area contributed by atoms with Crippen molar-refractivity contribution in [2.75, 3.05) is 0 Å². The molecule has 0 unspecified atom stereocenters. The van der Waals surface area contributed by atoms with E-state index < -0.39 is 5.97 Å². The zero-order valence-corrected chi connectivity index (χ0v) is 10.8. The summed E-state index contributed by atoms with van der Waals surface area (Å²) in [5.74, 6) is 0.712. The van der Waals surface area contributed by atoms with Gasteiger partial charge in [-0.3, -0.25) is 4.79 Å². The van der Waals surface area contributed by atoms with Crippen LogP contribution in [0.25, 0.3) is 0 Å². The Bertz CT molecular complexity index is 276. The van der Waals surface area contributed by atoms with E-state index in [1.807, 2.05) is 0 Å². The lowest BCUT2D eigenvalue weighted by atomic mass is 9.66. The van der Waals surface area contributed by atoms with Crippen molar-refractivity contribution in [3.05, 3.63) is 0 Å². The molecule has 0 aliphatic heterocycles. The molecule has 2 saturated carbocycles. The zero-order valence-electron chi connectivity index (χ0n) is 10.8. The Morgan fingerprint density at radius 2 is 1.62 bits per heavy atom. The van der Waals surface area contributed by atoms with Crippen molar-refractivity contribution < 1.29 is 9.90 Å². The van der Waals surface area contributed by atoms with Crippen LogP contribution < -0.4 is 0 Å². The molecule has 0 atom stereocenters. The van der Waals surface area contributed by atoms with Crippen molar-refractivity contribution in [1.82, 2.24) is 0 Å². The van der Waals surface area contributed by atoms with Gasteiger partial charge in [0.2, 0.25) is 0 Å². The SMILES string of the molecule is CC(C)(C)C1CCC(C2(C(=O)O)CC2)CC1. The number of carbonyl (C=O) groups is 1. The van der Waals surface area contributed by atoms with Crippen molar-refractivity contribution in [2.24, 2.45) is 22.7 Å². The second kappa shape index (κ2) is 3.75. The van der Waals surface area contributed by atoms with Crippen molar-refractivity contribution in [3.8, 4) is 0 Å². The first kappa shape index (κ1) is 11.9. The maximum absolute atomic E-state index is 11.3. The number of rotatable bonds is 2. The first-order valence-corrected chi connectivity index (χ1v) is 6.60. The Labute approximate surface area is 98.4 Å². The van der Waals surface area contributed by atoms with E-state index in [0.717, 1.165) is 31.6 Å². The highest BCUT2D eigenvalue weighted by atomic mass is 16.4. The van der Waals surface area contributed by atoms with Gasteiger partial charge in [0.05, 0.1) is 5.41 Å². The summed E-state index contributed by atoms with van der Waals surface area (Å²) in [7, 11) is 0. The third-order valence-electron chi connectivity index (χ3n) is 4.95. The predicted octanol–water partition coefficient (Wildman–Crippen LogP) is 3.70. The summed E-state index contributed by atoms with van der Waals surface area (Å²) in [6.45, 7) is 6.92. The van der Waals surface area contributed by atoms with Crippen LogP contribution in [0.4, 0.5) is 0 Å². The molecule has 2 aliphatic rings. The summed E-state index contributed by atoms with van der Waals surface area (Å²) in [6.07, 6.45) is 6.56. The summed E-state index contributed by atoms with van der Waals surface area (Å²) >= 11 is 0. The van der Waals surface area contributed by atoms with Gasteiger partial charge in [-0.15, -0.1) is 0 Å². The Morgan fingerprint density at radius 3 is 1.94 bits per heavy atom. The Kier molecular flexibility index (Phi) is 2.80. The van der Waals surface area contributed by atoms with E-state index in [4.69, 9.17) is 0 Å². The largest absolute Gasteiger partial charge is 0.481 e. The average Bonchev–Trinajstić information content (AvgIpc) is 2.97. The van der Waals surface area contributed by atoms with E-state index in [2.05, 4.69) is 20.8 Å². The average molecular weight is 224 g/mol. The smallest absolute Gasteiger partial charge is 0.309 e. The molecule has 1 N–H and O–H groups in total. The second-order valence-corrected chi connectivity index (χ2v) is 6.88. The highest BCUT2D eigenvalue weighted by molar-refractivity contribution is 5.78. The lowest BCUT2D eigenvalue weighted by Gasteiger charge is -2.38. The summed E-state index contributed by atoms with van der Waals surface area (Å²) in [5.41, 5.74) is 0.0910. The van der Waals surface area contributed by atoms with Crippen LogP contribution in [-0.4, -0.2) is 11.1 Å². The fraction of sp³-hybridized carbons (Fsp3) is 0.929. The molecule has 0 spiro atoms. The first-order valence-electron chi connectivity index (χ1n) is 6.60. The van der Waals surface area contributed by atoms with E-state index >= 15 is 0 Å². The third kappa shape index (κ3) is 1.99. The van der Waals surface area contributed by atoms with Gasteiger partial charge in [0.25, 0.3) is 0 Å². The van der Waals surface area contributed by atoms with Gasteiger partial charge in [0.15, 0.2) is 0 Å². The van der Waals surface area contributed by atoms with E-state index in [1.165, 1.54) is 12.8 Å². The molecule has 2 aliphatic carbocycles. The van der Waals surface area contributed by atoms with Crippen LogP contribution >= 0.6 is 0 Å². The van der Waals surface area contributed by atoms with E-state index in [1.54, 1.807) is 0 Å². The molecule has 0 bridgehead atoms. The van der Waals surface area contributed by atoms with Crippen LogP contribution in [0, 0.1) is 22.7 Å². The zero-order chi connectivity index (χ0) is 12.0. The molecule has 16 heavy (non-hydrogen) atoms. The minimum Gasteiger partial charge on any atom is -0.481 e. The van der Waals surface area contributed by atoms with Gasteiger partial charge in [0, 0.05) is 0 Å². The van der Waals surface area contributed by atoms with Gasteiger partial charge in [-0.25, -0.2) is 0 Å². The second-order valence-electron chi connectivity index (χ2n) is 6.88. The molecule has 0 aromatic heterocycles. The number of hydrogen-bond donors (Lipinski definition) is 1. The number of aliphatic carboxylic acids is 1. The molecule has 0 aromatic carbocycles. The van der Waals surface area contributed by atoms with Crippen LogP contribution in [0.15, 0.2) is 0 Å². The first-order chi connectivity index (χ1) is 7.36.